The Balaban J connectivity index is 1.85. The van der Waals surface area contributed by atoms with Crippen molar-refractivity contribution in [1.82, 2.24) is 5.32 Å². The second-order valence-corrected chi connectivity index (χ2v) is 8.32. The van der Waals surface area contributed by atoms with Gasteiger partial charge in [-0.1, -0.05) is 60.7 Å². The molecule has 0 saturated carbocycles. The van der Waals surface area contributed by atoms with Crippen LogP contribution in [0.5, 0.6) is 0 Å². The van der Waals surface area contributed by atoms with Crippen molar-refractivity contribution in [2.45, 2.75) is 44.4 Å². The van der Waals surface area contributed by atoms with Gasteiger partial charge in [-0.3, -0.25) is 0 Å². The van der Waals surface area contributed by atoms with Gasteiger partial charge in [0.25, 0.3) is 0 Å². The summed E-state index contributed by atoms with van der Waals surface area (Å²) in [5, 5.41) is 11.5. The Morgan fingerprint density at radius 2 is 1.39 bits per heavy atom. The second-order valence-electron chi connectivity index (χ2n) is 7.10. The number of aliphatic hydroxyl groups excluding tert-OH is 1. The summed E-state index contributed by atoms with van der Waals surface area (Å²) in [4.78, 5) is 24.7. The van der Waals surface area contributed by atoms with Crippen molar-refractivity contribution < 1.29 is 37.3 Å². The maximum Gasteiger partial charge on any atom is 0.414 e. The molecule has 2 N–H and O–H groups in total. The van der Waals surface area contributed by atoms with Crippen LogP contribution >= 0.6 is 11.8 Å². The largest absolute Gasteiger partial charge is 0.459 e. The number of alkyl carbamates (subject to hydrolysis) is 1. The summed E-state index contributed by atoms with van der Waals surface area (Å²) in [5.74, 6) is -0.356. The van der Waals surface area contributed by atoms with Crippen LogP contribution in [0.3, 0.4) is 0 Å². The van der Waals surface area contributed by atoms with Gasteiger partial charge in [-0.25, -0.2) is 9.59 Å². The van der Waals surface area contributed by atoms with E-state index in [-0.39, 0.29) is 31.1 Å². The van der Waals surface area contributed by atoms with Crippen molar-refractivity contribution in [3.63, 3.8) is 0 Å². The second kappa shape index (κ2) is 13.7. The van der Waals surface area contributed by atoms with E-state index in [2.05, 4.69) is 5.32 Å². The number of nitrogens with one attached hydrogen (secondary N) is 1. The van der Waals surface area contributed by atoms with Crippen LogP contribution in [-0.2, 0) is 27.5 Å². The lowest BCUT2D eigenvalue weighted by atomic mass is 10.2. The normalized spacial score (nSPS) is 13.1. The predicted molar refractivity (Wildman–Crippen MR) is 118 cm³/mol. The van der Waals surface area contributed by atoms with Gasteiger partial charge >= 0.3 is 18.2 Å². The maximum atomic E-state index is 12.5. The Morgan fingerprint density at radius 1 is 0.879 bits per heavy atom. The first-order valence-corrected chi connectivity index (χ1v) is 11.4. The van der Waals surface area contributed by atoms with Gasteiger partial charge in [-0.2, -0.15) is 24.9 Å². The Hall–Kier alpha value is -2.72. The predicted octanol–water partition coefficient (Wildman–Crippen LogP) is 4.46. The smallest absolute Gasteiger partial charge is 0.414 e. The van der Waals surface area contributed by atoms with Crippen LogP contribution in [0.1, 0.15) is 24.0 Å². The SMILES string of the molecule is O=C(N[C@@H](CCSCC[C@@H](O)C(F)(F)F)C(=O)OCc1ccccc1)OCc1ccccc1. The molecular weight excluding hydrogens is 459 g/mol. The van der Waals surface area contributed by atoms with Gasteiger partial charge < -0.3 is 19.9 Å². The average Bonchev–Trinajstić information content (AvgIpc) is 2.80. The topological polar surface area (TPSA) is 84.9 Å². The Bertz CT molecular complexity index is 852. The van der Waals surface area contributed by atoms with Gasteiger partial charge in [0.2, 0.25) is 0 Å². The molecule has 0 aromatic heterocycles. The molecule has 6 nitrogen and oxygen atoms in total. The van der Waals surface area contributed by atoms with Gasteiger partial charge in [-0.15, -0.1) is 0 Å². The van der Waals surface area contributed by atoms with Crippen molar-refractivity contribution in [3.05, 3.63) is 71.8 Å². The van der Waals surface area contributed by atoms with Gasteiger partial charge in [0, 0.05) is 0 Å². The summed E-state index contributed by atoms with van der Waals surface area (Å²) in [7, 11) is 0. The fraction of sp³-hybridized carbons (Fsp3) is 0.391. The van der Waals surface area contributed by atoms with E-state index in [1.807, 2.05) is 12.1 Å². The molecule has 0 heterocycles. The number of alkyl halides is 3. The molecule has 33 heavy (non-hydrogen) atoms. The van der Waals surface area contributed by atoms with Crippen molar-refractivity contribution in [2.75, 3.05) is 11.5 Å². The number of benzene rings is 2. The number of rotatable bonds is 12. The average molecular weight is 486 g/mol. The van der Waals surface area contributed by atoms with Crippen molar-refractivity contribution in [1.29, 1.82) is 0 Å². The highest BCUT2D eigenvalue weighted by atomic mass is 32.2. The van der Waals surface area contributed by atoms with E-state index in [0.29, 0.717) is 0 Å². The molecule has 0 aliphatic carbocycles. The minimum Gasteiger partial charge on any atom is -0.459 e. The van der Waals surface area contributed by atoms with E-state index < -0.39 is 36.8 Å². The molecule has 2 aromatic carbocycles. The number of hydrogen-bond donors (Lipinski definition) is 2. The van der Waals surface area contributed by atoms with E-state index in [1.165, 1.54) is 0 Å². The molecule has 180 valence electrons. The van der Waals surface area contributed by atoms with Crippen LogP contribution in [0.2, 0.25) is 0 Å². The summed E-state index contributed by atoms with van der Waals surface area (Å²) < 4.78 is 47.6. The van der Waals surface area contributed by atoms with Gasteiger partial charge in [0.1, 0.15) is 19.3 Å². The summed E-state index contributed by atoms with van der Waals surface area (Å²) in [6.07, 6.45) is -8.18. The Morgan fingerprint density at radius 3 is 1.94 bits per heavy atom. The standard InChI is InChI=1S/C23H26F3NO5S/c24-23(25,26)20(28)12-14-33-13-11-19(21(29)31-15-17-7-3-1-4-8-17)27-22(30)32-16-18-9-5-2-6-10-18/h1-10,19-20,28H,11-16H2,(H,27,30)/t19-,20+/m0/s1. The van der Waals surface area contributed by atoms with E-state index >= 15 is 0 Å². The molecule has 0 saturated heterocycles. The zero-order valence-electron chi connectivity index (χ0n) is 17.8. The molecule has 10 heteroatoms. The number of thioether (sulfide) groups is 1. The Kier molecular flexibility index (Phi) is 11.0. The quantitative estimate of drug-likeness (QED) is 0.341. The highest BCUT2D eigenvalue weighted by molar-refractivity contribution is 7.99. The first kappa shape index (κ1) is 26.5. The van der Waals surface area contributed by atoms with Gasteiger partial charge in [0.05, 0.1) is 0 Å². The molecule has 0 fully saturated rings. The van der Waals surface area contributed by atoms with E-state index in [4.69, 9.17) is 14.6 Å². The van der Waals surface area contributed by atoms with Crippen molar-refractivity contribution in [3.8, 4) is 0 Å². The molecule has 0 aliphatic rings. The van der Waals surface area contributed by atoms with Crippen LogP contribution in [-0.4, -0.2) is 47.0 Å². The summed E-state index contributed by atoms with van der Waals surface area (Å²) in [6.45, 7) is 0.0321. The number of halogens is 3. The fourth-order valence-electron chi connectivity index (χ4n) is 2.65. The molecular formula is C23H26F3NO5S. The van der Waals surface area contributed by atoms with Gasteiger partial charge in [0.15, 0.2) is 6.10 Å². The lowest BCUT2D eigenvalue weighted by molar-refractivity contribution is -0.203. The minimum atomic E-state index is -4.66. The third-order valence-electron chi connectivity index (χ3n) is 4.48. The first-order valence-electron chi connectivity index (χ1n) is 10.3. The van der Waals surface area contributed by atoms with Crippen molar-refractivity contribution in [2.24, 2.45) is 0 Å². The molecule has 1 amide bonds. The molecule has 0 radical (unpaired) electrons. The monoisotopic (exact) mass is 485 g/mol. The number of ether oxygens (including phenoxy) is 2. The highest BCUT2D eigenvalue weighted by Gasteiger charge is 2.37. The van der Waals surface area contributed by atoms with Crippen molar-refractivity contribution >= 4 is 23.8 Å². The zero-order chi connectivity index (χ0) is 24.1. The number of carbonyl (C=O) groups excluding carboxylic acids is 2. The molecule has 0 unspecified atom stereocenters. The molecule has 0 spiro atoms. The third kappa shape index (κ3) is 10.6. The van der Waals surface area contributed by atoms with Crippen LogP contribution < -0.4 is 5.32 Å². The lowest BCUT2D eigenvalue weighted by Gasteiger charge is -2.18. The zero-order valence-corrected chi connectivity index (χ0v) is 18.6. The minimum absolute atomic E-state index is 0.0157. The van der Waals surface area contributed by atoms with Crippen LogP contribution in [0.15, 0.2) is 60.7 Å². The number of esters is 1. The summed E-state index contributed by atoms with van der Waals surface area (Å²) in [5.41, 5.74) is 1.54. The van der Waals surface area contributed by atoms with E-state index in [9.17, 15) is 22.8 Å². The summed E-state index contributed by atoms with van der Waals surface area (Å²) >= 11 is 1.14. The fourth-order valence-corrected chi connectivity index (χ4v) is 3.64. The van der Waals surface area contributed by atoms with Crippen LogP contribution in [0.4, 0.5) is 18.0 Å². The molecule has 0 bridgehead atoms. The van der Waals surface area contributed by atoms with Crippen LogP contribution in [0, 0.1) is 0 Å². The number of hydrogen-bond acceptors (Lipinski definition) is 6. The molecule has 2 atom stereocenters. The summed E-state index contributed by atoms with van der Waals surface area (Å²) in [6, 6.07) is 16.9. The first-order chi connectivity index (χ1) is 15.8. The molecule has 2 aromatic rings. The molecule has 2 rings (SSSR count). The number of carbonyl (C=O) groups is 2. The lowest BCUT2D eigenvalue weighted by Crippen LogP contribution is -2.42. The van der Waals surface area contributed by atoms with Gasteiger partial charge in [-0.05, 0) is 35.5 Å². The highest BCUT2D eigenvalue weighted by Crippen LogP contribution is 2.23. The maximum absolute atomic E-state index is 12.5. The molecule has 0 aliphatic heterocycles. The van der Waals surface area contributed by atoms with E-state index in [0.717, 1.165) is 22.9 Å². The third-order valence-corrected chi connectivity index (χ3v) is 5.53. The number of amides is 1. The van der Waals surface area contributed by atoms with E-state index in [1.54, 1.807) is 48.5 Å². The number of aliphatic hydroxyl groups is 1. The Labute approximate surface area is 194 Å². The van der Waals surface area contributed by atoms with Crippen LogP contribution in [0.25, 0.3) is 0 Å².